The first-order valence-electron chi connectivity index (χ1n) is 6.24. The molecule has 1 amide bonds. The van der Waals surface area contributed by atoms with E-state index in [-0.39, 0.29) is 12.5 Å². The summed E-state index contributed by atoms with van der Waals surface area (Å²) in [6, 6.07) is 7.55. The number of carbonyl (C=O) groups is 1. The van der Waals surface area contributed by atoms with Crippen LogP contribution >= 0.6 is 11.6 Å². The third-order valence-corrected chi connectivity index (χ3v) is 3.03. The Morgan fingerprint density at radius 1 is 1.50 bits per heavy atom. The van der Waals surface area contributed by atoms with Crippen molar-refractivity contribution in [1.29, 1.82) is 0 Å². The first kappa shape index (κ1) is 15.0. The van der Waals surface area contributed by atoms with Gasteiger partial charge in [0.25, 0.3) is 0 Å². The van der Waals surface area contributed by atoms with Crippen molar-refractivity contribution in [3.63, 3.8) is 0 Å². The number of hydrogen-bond acceptors (Lipinski definition) is 2. The van der Waals surface area contributed by atoms with Crippen LogP contribution in [0.2, 0.25) is 5.02 Å². The van der Waals surface area contributed by atoms with E-state index >= 15 is 0 Å². The number of aliphatic hydroxyl groups excluding tert-OH is 1. The van der Waals surface area contributed by atoms with Gasteiger partial charge < -0.3 is 10.4 Å². The molecule has 100 valence electrons. The molecule has 0 aliphatic heterocycles. The molecular formula is C14H20ClNO2. The number of benzene rings is 1. The first-order chi connectivity index (χ1) is 8.61. The molecule has 0 fully saturated rings. The molecule has 0 aromatic heterocycles. The van der Waals surface area contributed by atoms with E-state index in [1.54, 1.807) is 0 Å². The molecule has 0 bridgehead atoms. The van der Waals surface area contributed by atoms with Gasteiger partial charge in [0.15, 0.2) is 0 Å². The van der Waals surface area contributed by atoms with Crippen LogP contribution in [0.15, 0.2) is 24.3 Å². The zero-order valence-electron chi connectivity index (χ0n) is 10.7. The number of aliphatic hydroxyl groups is 1. The van der Waals surface area contributed by atoms with Gasteiger partial charge in [0.2, 0.25) is 5.91 Å². The third kappa shape index (κ3) is 6.03. The van der Waals surface area contributed by atoms with E-state index in [4.69, 9.17) is 16.7 Å². The Labute approximate surface area is 113 Å². The number of rotatable bonds is 7. The minimum absolute atomic E-state index is 0.0414. The lowest BCUT2D eigenvalue weighted by Gasteiger charge is -2.11. The average molecular weight is 270 g/mol. The lowest BCUT2D eigenvalue weighted by Crippen LogP contribution is -2.28. The second-order valence-electron chi connectivity index (χ2n) is 4.55. The molecule has 1 unspecified atom stereocenters. The molecule has 0 saturated carbocycles. The highest BCUT2D eigenvalue weighted by atomic mass is 35.5. The maximum Gasteiger partial charge on any atom is 0.220 e. The van der Waals surface area contributed by atoms with Crippen molar-refractivity contribution in [2.24, 2.45) is 5.92 Å². The predicted molar refractivity (Wildman–Crippen MR) is 73.6 cm³/mol. The molecule has 0 aliphatic rings. The number of nitrogens with one attached hydrogen (secondary N) is 1. The van der Waals surface area contributed by atoms with Gasteiger partial charge in [-0.3, -0.25) is 4.79 Å². The summed E-state index contributed by atoms with van der Waals surface area (Å²) in [7, 11) is 0. The normalized spacial score (nSPS) is 12.2. The fourth-order valence-corrected chi connectivity index (χ4v) is 1.86. The number of carbonyl (C=O) groups excluding carboxylic acids is 1. The molecule has 0 aliphatic carbocycles. The number of hydrogen-bond donors (Lipinski definition) is 2. The molecule has 3 nitrogen and oxygen atoms in total. The molecule has 0 spiro atoms. The molecule has 0 heterocycles. The molecule has 2 N–H and O–H groups in total. The minimum atomic E-state index is 0.0414. The van der Waals surface area contributed by atoms with Crippen LogP contribution in [0.5, 0.6) is 0 Å². The average Bonchev–Trinajstić information content (AvgIpc) is 2.34. The van der Waals surface area contributed by atoms with Crippen molar-refractivity contribution in [3.8, 4) is 0 Å². The van der Waals surface area contributed by atoms with E-state index in [1.807, 2.05) is 31.2 Å². The summed E-state index contributed by atoms with van der Waals surface area (Å²) in [5, 5.41) is 12.3. The molecule has 4 heteroatoms. The second-order valence-corrected chi connectivity index (χ2v) is 4.99. The summed E-state index contributed by atoms with van der Waals surface area (Å²) in [4.78, 5) is 11.6. The molecule has 18 heavy (non-hydrogen) atoms. The molecule has 1 rings (SSSR count). The maximum absolute atomic E-state index is 11.6. The van der Waals surface area contributed by atoms with Crippen LogP contribution in [0.3, 0.4) is 0 Å². The Morgan fingerprint density at radius 3 is 2.94 bits per heavy atom. The summed E-state index contributed by atoms with van der Waals surface area (Å²) >= 11 is 5.87. The van der Waals surface area contributed by atoms with Crippen LogP contribution in [0.1, 0.15) is 25.3 Å². The smallest absolute Gasteiger partial charge is 0.220 e. The first-order valence-corrected chi connectivity index (χ1v) is 6.61. The Bertz CT molecular complexity index is 382. The van der Waals surface area contributed by atoms with E-state index in [9.17, 15) is 4.79 Å². The molecule has 1 aromatic rings. The summed E-state index contributed by atoms with van der Waals surface area (Å²) in [5.74, 6) is 0.352. The molecule has 1 atom stereocenters. The van der Waals surface area contributed by atoms with Crippen molar-refractivity contribution in [2.45, 2.75) is 26.2 Å². The highest BCUT2D eigenvalue weighted by Gasteiger charge is 2.05. The Balaban J connectivity index is 2.25. The highest BCUT2D eigenvalue weighted by Crippen LogP contribution is 2.12. The van der Waals surface area contributed by atoms with Crippen molar-refractivity contribution < 1.29 is 9.90 Å². The van der Waals surface area contributed by atoms with Crippen LogP contribution in [-0.4, -0.2) is 24.2 Å². The fraction of sp³-hybridized carbons (Fsp3) is 0.500. The van der Waals surface area contributed by atoms with E-state index in [2.05, 4.69) is 5.32 Å². The van der Waals surface area contributed by atoms with Crippen molar-refractivity contribution in [2.75, 3.05) is 13.2 Å². The van der Waals surface area contributed by atoms with Gasteiger partial charge in [-0.1, -0.05) is 30.7 Å². The summed E-state index contributed by atoms with van der Waals surface area (Å²) < 4.78 is 0. The summed E-state index contributed by atoms with van der Waals surface area (Å²) in [5.41, 5.74) is 1.07. The zero-order valence-corrected chi connectivity index (χ0v) is 11.4. The van der Waals surface area contributed by atoms with Crippen LogP contribution in [0.25, 0.3) is 0 Å². The summed E-state index contributed by atoms with van der Waals surface area (Å²) in [6.07, 6.45) is 1.88. The number of amides is 1. The van der Waals surface area contributed by atoms with Crippen LogP contribution in [0, 0.1) is 5.92 Å². The van der Waals surface area contributed by atoms with Gasteiger partial charge in [0, 0.05) is 24.6 Å². The monoisotopic (exact) mass is 269 g/mol. The van der Waals surface area contributed by atoms with Crippen molar-refractivity contribution in [1.82, 2.24) is 5.32 Å². The molecule has 0 radical (unpaired) electrons. The van der Waals surface area contributed by atoms with Gasteiger partial charge in [0.1, 0.15) is 0 Å². The largest absolute Gasteiger partial charge is 0.396 e. The lowest BCUT2D eigenvalue weighted by molar-refractivity contribution is -0.121. The molecule has 1 aromatic carbocycles. The number of aryl methyl sites for hydroxylation is 1. The third-order valence-electron chi connectivity index (χ3n) is 2.80. The van der Waals surface area contributed by atoms with Crippen LogP contribution in [-0.2, 0) is 11.2 Å². The van der Waals surface area contributed by atoms with Crippen LogP contribution < -0.4 is 5.32 Å². The van der Waals surface area contributed by atoms with Crippen LogP contribution in [0.4, 0.5) is 0 Å². The molecule has 0 saturated heterocycles. The van der Waals surface area contributed by atoms with Gasteiger partial charge >= 0.3 is 0 Å². The Hall–Kier alpha value is -1.06. The van der Waals surface area contributed by atoms with E-state index < -0.39 is 0 Å². The maximum atomic E-state index is 11.6. The van der Waals surface area contributed by atoms with Crippen molar-refractivity contribution >= 4 is 17.5 Å². The fourth-order valence-electron chi connectivity index (χ4n) is 1.65. The van der Waals surface area contributed by atoms with E-state index in [0.717, 1.165) is 5.56 Å². The standard InChI is InChI=1S/C14H20ClNO2/c1-11(7-8-17)10-16-14(18)6-5-12-3-2-4-13(15)9-12/h2-4,9,11,17H,5-8,10H2,1H3,(H,16,18). The van der Waals surface area contributed by atoms with Gasteiger partial charge in [0.05, 0.1) is 0 Å². The van der Waals surface area contributed by atoms with Crippen molar-refractivity contribution in [3.05, 3.63) is 34.9 Å². The quantitative estimate of drug-likeness (QED) is 0.799. The van der Waals surface area contributed by atoms with Gasteiger partial charge in [-0.2, -0.15) is 0 Å². The summed E-state index contributed by atoms with van der Waals surface area (Å²) in [6.45, 7) is 2.79. The second kappa shape index (κ2) is 8.11. The Kier molecular flexibility index (Phi) is 6.76. The number of halogens is 1. The Morgan fingerprint density at radius 2 is 2.28 bits per heavy atom. The molecular weight excluding hydrogens is 250 g/mol. The predicted octanol–water partition coefficient (Wildman–Crippen LogP) is 2.41. The topological polar surface area (TPSA) is 49.3 Å². The minimum Gasteiger partial charge on any atom is -0.396 e. The van der Waals surface area contributed by atoms with E-state index in [1.165, 1.54) is 0 Å². The zero-order chi connectivity index (χ0) is 13.4. The van der Waals surface area contributed by atoms with Gasteiger partial charge in [-0.25, -0.2) is 0 Å². The lowest BCUT2D eigenvalue weighted by atomic mass is 10.1. The highest BCUT2D eigenvalue weighted by molar-refractivity contribution is 6.30. The van der Waals surface area contributed by atoms with Gasteiger partial charge in [-0.05, 0) is 36.5 Å². The van der Waals surface area contributed by atoms with E-state index in [0.29, 0.717) is 36.7 Å². The van der Waals surface area contributed by atoms with Gasteiger partial charge in [-0.15, -0.1) is 0 Å². The SMILES string of the molecule is CC(CCO)CNC(=O)CCc1cccc(Cl)c1.